The van der Waals surface area contributed by atoms with Gasteiger partial charge in [-0.2, -0.15) is 0 Å². The number of sulfone groups is 1. The van der Waals surface area contributed by atoms with Gasteiger partial charge in [0.1, 0.15) is 5.75 Å². The molecule has 0 unspecified atom stereocenters. The van der Waals surface area contributed by atoms with Gasteiger partial charge in [-0.25, -0.2) is 8.42 Å². The molecule has 6 heteroatoms. The molecule has 0 aromatic heterocycles. The SMILES string of the molecule is CS(=O)(=O)CC(=O)N1CCCC1.[NaH]. The van der Waals surface area contributed by atoms with Crippen LogP contribution in [0.15, 0.2) is 0 Å². The third-order valence-corrected chi connectivity index (χ3v) is 2.62. The van der Waals surface area contributed by atoms with Crippen LogP contribution in [0.4, 0.5) is 0 Å². The van der Waals surface area contributed by atoms with Gasteiger partial charge < -0.3 is 4.90 Å². The summed E-state index contributed by atoms with van der Waals surface area (Å²) in [4.78, 5) is 12.8. The molecule has 13 heavy (non-hydrogen) atoms. The van der Waals surface area contributed by atoms with E-state index in [-0.39, 0.29) is 41.2 Å². The molecule has 0 bridgehead atoms. The molecule has 0 aromatic rings. The van der Waals surface area contributed by atoms with Crippen molar-refractivity contribution in [3.8, 4) is 0 Å². The van der Waals surface area contributed by atoms with Crippen molar-refractivity contribution in [2.45, 2.75) is 12.8 Å². The molecule has 0 radical (unpaired) electrons. The summed E-state index contributed by atoms with van der Waals surface area (Å²) in [6.45, 7) is 1.43. The molecule has 0 spiro atoms. The third kappa shape index (κ3) is 5.00. The fourth-order valence-electron chi connectivity index (χ4n) is 1.28. The minimum atomic E-state index is -3.15. The molecule has 1 saturated heterocycles. The van der Waals surface area contributed by atoms with Crippen molar-refractivity contribution in [2.75, 3.05) is 25.1 Å². The summed E-state index contributed by atoms with van der Waals surface area (Å²) in [6, 6.07) is 0. The van der Waals surface area contributed by atoms with Crippen LogP contribution >= 0.6 is 0 Å². The summed E-state index contributed by atoms with van der Waals surface area (Å²) in [5, 5.41) is 0. The zero-order valence-corrected chi connectivity index (χ0v) is 7.93. The zero-order valence-electron chi connectivity index (χ0n) is 7.12. The van der Waals surface area contributed by atoms with Gasteiger partial charge in [0.25, 0.3) is 0 Å². The number of hydrogen-bond acceptors (Lipinski definition) is 3. The van der Waals surface area contributed by atoms with E-state index in [4.69, 9.17) is 0 Å². The summed E-state index contributed by atoms with van der Waals surface area (Å²) in [7, 11) is -3.15. The van der Waals surface area contributed by atoms with E-state index in [0.29, 0.717) is 13.1 Å². The number of nitrogens with zero attached hydrogens (tertiary/aromatic N) is 1. The Morgan fingerprint density at radius 1 is 1.31 bits per heavy atom. The van der Waals surface area contributed by atoms with Crippen LogP contribution in [0.3, 0.4) is 0 Å². The van der Waals surface area contributed by atoms with E-state index < -0.39 is 9.84 Å². The van der Waals surface area contributed by atoms with Crippen LogP contribution in [-0.4, -0.2) is 73.9 Å². The Hall–Kier alpha value is 0.420. The van der Waals surface area contributed by atoms with Gasteiger partial charge in [0.15, 0.2) is 9.84 Å². The normalized spacial score (nSPS) is 16.8. The molecule has 1 aliphatic rings. The van der Waals surface area contributed by atoms with Crippen molar-refractivity contribution in [1.29, 1.82) is 0 Å². The summed E-state index contributed by atoms with van der Waals surface area (Å²) in [6.07, 6.45) is 3.08. The topological polar surface area (TPSA) is 54.5 Å². The number of rotatable bonds is 2. The second kappa shape index (κ2) is 5.34. The molecule has 1 aliphatic heterocycles. The van der Waals surface area contributed by atoms with E-state index in [1.54, 1.807) is 4.90 Å². The molecule has 4 nitrogen and oxygen atoms in total. The third-order valence-electron chi connectivity index (χ3n) is 1.84. The molecule has 0 atom stereocenters. The first-order chi connectivity index (χ1) is 5.49. The van der Waals surface area contributed by atoms with E-state index in [0.717, 1.165) is 19.1 Å². The molecule has 1 fully saturated rings. The van der Waals surface area contributed by atoms with E-state index >= 15 is 0 Å². The number of carbonyl (C=O) groups is 1. The van der Waals surface area contributed by atoms with Crippen LogP contribution in [0.5, 0.6) is 0 Å². The second-order valence-corrected chi connectivity index (χ2v) is 5.30. The van der Waals surface area contributed by atoms with Crippen molar-refractivity contribution in [2.24, 2.45) is 0 Å². The van der Waals surface area contributed by atoms with E-state index in [9.17, 15) is 13.2 Å². The molecule has 1 heterocycles. The van der Waals surface area contributed by atoms with Gasteiger partial charge in [-0.1, -0.05) is 0 Å². The Labute approximate surface area is 101 Å². The second-order valence-electron chi connectivity index (χ2n) is 3.16. The molecule has 0 aliphatic carbocycles. The molecular formula is C7H14NNaO3S. The number of likely N-dealkylation sites (tertiary alicyclic amines) is 1. The molecular weight excluding hydrogens is 201 g/mol. The summed E-state index contributed by atoms with van der Waals surface area (Å²) in [5.74, 6) is -0.595. The maximum atomic E-state index is 11.2. The molecule has 1 rings (SSSR count). The Morgan fingerprint density at radius 2 is 1.77 bits per heavy atom. The predicted molar refractivity (Wildman–Crippen MR) is 52.7 cm³/mol. The number of hydrogen-bond donors (Lipinski definition) is 0. The predicted octanol–water partition coefficient (Wildman–Crippen LogP) is -0.995. The molecule has 0 saturated carbocycles. The van der Waals surface area contributed by atoms with E-state index in [1.165, 1.54) is 0 Å². The first-order valence-electron chi connectivity index (χ1n) is 3.94. The fourth-order valence-corrected chi connectivity index (χ4v) is 1.91. The van der Waals surface area contributed by atoms with Crippen LogP contribution in [0.2, 0.25) is 0 Å². The van der Waals surface area contributed by atoms with Crippen molar-refractivity contribution in [3.63, 3.8) is 0 Å². The van der Waals surface area contributed by atoms with Gasteiger partial charge in [0.05, 0.1) is 0 Å². The number of amides is 1. The summed E-state index contributed by atoms with van der Waals surface area (Å²) in [5.41, 5.74) is 0. The Balaban J connectivity index is 0.00000144. The van der Waals surface area contributed by atoms with Gasteiger partial charge in [-0.3, -0.25) is 4.79 Å². The minimum absolute atomic E-state index is 0. The van der Waals surface area contributed by atoms with Crippen LogP contribution in [-0.2, 0) is 14.6 Å². The van der Waals surface area contributed by atoms with Crippen molar-refractivity contribution >= 4 is 45.3 Å². The van der Waals surface area contributed by atoms with Crippen molar-refractivity contribution in [1.82, 2.24) is 4.90 Å². The van der Waals surface area contributed by atoms with Gasteiger partial charge >= 0.3 is 29.6 Å². The number of carbonyl (C=O) groups excluding carboxylic acids is 1. The first-order valence-corrected chi connectivity index (χ1v) is 6.00. The van der Waals surface area contributed by atoms with Gasteiger partial charge in [0.2, 0.25) is 5.91 Å². The standard InChI is InChI=1S/C7H13NO3S.Na.H/c1-12(10,11)6-7(9)8-4-2-3-5-8;;/h2-6H2,1H3;;. The first kappa shape index (κ1) is 13.4. The van der Waals surface area contributed by atoms with Crippen LogP contribution in [0.25, 0.3) is 0 Å². The Kier molecular flexibility index (Phi) is 5.51. The van der Waals surface area contributed by atoms with E-state index in [1.807, 2.05) is 0 Å². The van der Waals surface area contributed by atoms with Crippen LogP contribution in [0.1, 0.15) is 12.8 Å². The molecule has 0 N–H and O–H groups in total. The van der Waals surface area contributed by atoms with Crippen LogP contribution in [0, 0.1) is 0 Å². The Bertz CT molecular complexity index is 269. The Morgan fingerprint density at radius 3 is 2.15 bits per heavy atom. The monoisotopic (exact) mass is 215 g/mol. The van der Waals surface area contributed by atoms with Crippen LogP contribution < -0.4 is 0 Å². The van der Waals surface area contributed by atoms with Crippen molar-refractivity contribution in [3.05, 3.63) is 0 Å². The molecule has 0 aromatic carbocycles. The average molecular weight is 215 g/mol. The summed E-state index contributed by atoms with van der Waals surface area (Å²) >= 11 is 0. The van der Waals surface area contributed by atoms with E-state index in [2.05, 4.69) is 0 Å². The fraction of sp³-hybridized carbons (Fsp3) is 0.857. The zero-order chi connectivity index (χ0) is 9.19. The van der Waals surface area contributed by atoms with Gasteiger partial charge in [0, 0.05) is 19.3 Å². The average Bonchev–Trinajstić information content (AvgIpc) is 2.32. The quantitative estimate of drug-likeness (QED) is 0.555. The summed E-state index contributed by atoms with van der Waals surface area (Å²) < 4.78 is 21.5. The maximum absolute atomic E-state index is 11.2. The molecule has 72 valence electrons. The molecule has 1 amide bonds. The van der Waals surface area contributed by atoms with Gasteiger partial charge in [-0.05, 0) is 12.8 Å². The van der Waals surface area contributed by atoms with Crippen molar-refractivity contribution < 1.29 is 13.2 Å². The van der Waals surface area contributed by atoms with Gasteiger partial charge in [-0.15, -0.1) is 0 Å².